The third-order valence-corrected chi connectivity index (χ3v) is 5.37. The first kappa shape index (κ1) is 25.6. The number of benzene rings is 3. The molecular formula is C26H26Cl2N2O4. The highest BCUT2D eigenvalue weighted by Crippen LogP contribution is 2.28. The van der Waals surface area contributed by atoms with E-state index in [2.05, 4.69) is 5.32 Å². The molecular weight excluding hydrogens is 475 g/mol. The van der Waals surface area contributed by atoms with Crippen molar-refractivity contribution in [1.29, 1.82) is 0 Å². The van der Waals surface area contributed by atoms with Crippen molar-refractivity contribution in [2.75, 3.05) is 5.32 Å². The summed E-state index contributed by atoms with van der Waals surface area (Å²) in [5.41, 5.74) is 7.91. The molecule has 0 aliphatic carbocycles. The van der Waals surface area contributed by atoms with Crippen LogP contribution < -0.4 is 15.8 Å². The maximum Gasteiger partial charge on any atom is 0.310 e. The third-order valence-electron chi connectivity index (χ3n) is 4.64. The van der Waals surface area contributed by atoms with Gasteiger partial charge in [-0.3, -0.25) is 9.59 Å². The van der Waals surface area contributed by atoms with E-state index in [-0.39, 0.29) is 24.8 Å². The van der Waals surface area contributed by atoms with Gasteiger partial charge in [-0.25, -0.2) is 0 Å². The van der Waals surface area contributed by atoms with Crippen molar-refractivity contribution in [1.82, 2.24) is 0 Å². The van der Waals surface area contributed by atoms with Gasteiger partial charge in [0, 0.05) is 23.4 Å². The van der Waals surface area contributed by atoms with Crippen LogP contribution in [0.5, 0.6) is 11.5 Å². The quantitative estimate of drug-likeness (QED) is 0.367. The minimum absolute atomic E-state index is 0.151. The van der Waals surface area contributed by atoms with Gasteiger partial charge in [0.05, 0.1) is 16.5 Å². The van der Waals surface area contributed by atoms with Crippen LogP contribution in [-0.4, -0.2) is 17.5 Å². The zero-order valence-corrected chi connectivity index (χ0v) is 20.7. The van der Waals surface area contributed by atoms with Crippen LogP contribution in [0.15, 0.2) is 60.7 Å². The van der Waals surface area contributed by atoms with Crippen LogP contribution in [0, 0.1) is 0 Å². The maximum atomic E-state index is 12.4. The Morgan fingerprint density at radius 1 is 0.941 bits per heavy atom. The second kappa shape index (κ2) is 10.9. The van der Waals surface area contributed by atoms with E-state index in [1.54, 1.807) is 42.5 Å². The van der Waals surface area contributed by atoms with Gasteiger partial charge in [0.15, 0.2) is 0 Å². The minimum atomic E-state index is -0.537. The van der Waals surface area contributed by atoms with E-state index in [4.69, 9.17) is 38.4 Å². The molecule has 0 atom stereocenters. The predicted molar refractivity (Wildman–Crippen MR) is 135 cm³/mol. The van der Waals surface area contributed by atoms with Crippen LogP contribution in [0.2, 0.25) is 10.0 Å². The summed E-state index contributed by atoms with van der Waals surface area (Å²) in [6.07, 6.45) is 0.151. The third kappa shape index (κ3) is 7.22. The molecule has 0 radical (unpaired) electrons. The van der Waals surface area contributed by atoms with Crippen molar-refractivity contribution in [2.24, 2.45) is 5.73 Å². The number of rotatable bonds is 7. The number of anilines is 1. The summed E-state index contributed by atoms with van der Waals surface area (Å²) in [7, 11) is 0. The number of carbonyl (C=O) groups is 2. The van der Waals surface area contributed by atoms with Gasteiger partial charge in [0.2, 0.25) is 0 Å². The lowest BCUT2D eigenvalue weighted by Gasteiger charge is -2.19. The molecule has 1 amide bonds. The molecule has 0 aliphatic heterocycles. The molecule has 0 saturated heterocycles. The Labute approximate surface area is 209 Å². The number of hydrogen-bond donors (Lipinski definition) is 2. The molecule has 3 aromatic carbocycles. The standard InChI is InChI=1S/C26H26Cl2N2O4/c1-26(2,3)34-24(31)13-16-4-11-23(18(12-16)15-29)33-20-8-6-19(7-9-20)30-25(32)17-5-10-21(27)22(28)14-17/h4-12,14H,13,15,29H2,1-3H3,(H,30,32). The van der Waals surface area contributed by atoms with Crippen LogP contribution in [0.25, 0.3) is 0 Å². The fraction of sp³-hybridized carbons (Fsp3) is 0.231. The van der Waals surface area contributed by atoms with E-state index in [0.717, 1.165) is 11.1 Å². The average Bonchev–Trinajstić information content (AvgIpc) is 2.76. The normalized spacial score (nSPS) is 11.1. The van der Waals surface area contributed by atoms with Gasteiger partial charge in [0.25, 0.3) is 5.91 Å². The minimum Gasteiger partial charge on any atom is -0.460 e. The second-order valence-electron chi connectivity index (χ2n) is 8.62. The number of nitrogens with one attached hydrogen (secondary N) is 1. The van der Waals surface area contributed by atoms with Gasteiger partial charge in [-0.05, 0) is 74.9 Å². The van der Waals surface area contributed by atoms with Crippen molar-refractivity contribution in [3.8, 4) is 11.5 Å². The Balaban J connectivity index is 1.65. The summed E-state index contributed by atoms with van der Waals surface area (Å²) >= 11 is 11.9. The first-order valence-electron chi connectivity index (χ1n) is 10.6. The van der Waals surface area contributed by atoms with Crippen LogP contribution in [0.4, 0.5) is 5.69 Å². The smallest absolute Gasteiger partial charge is 0.310 e. The molecule has 0 saturated carbocycles. The zero-order valence-electron chi connectivity index (χ0n) is 19.2. The molecule has 34 heavy (non-hydrogen) atoms. The fourth-order valence-electron chi connectivity index (χ4n) is 3.12. The highest BCUT2D eigenvalue weighted by Gasteiger charge is 2.17. The van der Waals surface area contributed by atoms with Crippen LogP contribution in [-0.2, 0) is 22.5 Å². The summed E-state index contributed by atoms with van der Waals surface area (Å²) in [5.74, 6) is 0.547. The van der Waals surface area contributed by atoms with Gasteiger partial charge < -0.3 is 20.5 Å². The topological polar surface area (TPSA) is 90.6 Å². The number of esters is 1. The van der Waals surface area contributed by atoms with Crippen molar-refractivity contribution in [3.05, 3.63) is 87.4 Å². The van der Waals surface area contributed by atoms with Gasteiger partial charge in [0.1, 0.15) is 17.1 Å². The van der Waals surface area contributed by atoms with Gasteiger partial charge in [-0.2, -0.15) is 0 Å². The molecule has 3 aromatic rings. The van der Waals surface area contributed by atoms with E-state index in [0.29, 0.717) is 32.8 Å². The molecule has 0 aromatic heterocycles. The Kier molecular flexibility index (Phi) is 8.20. The van der Waals surface area contributed by atoms with Crippen LogP contribution >= 0.6 is 23.2 Å². The number of amides is 1. The molecule has 3 rings (SSSR count). The molecule has 0 spiro atoms. The van der Waals surface area contributed by atoms with Crippen LogP contribution in [0.3, 0.4) is 0 Å². The van der Waals surface area contributed by atoms with E-state index >= 15 is 0 Å². The van der Waals surface area contributed by atoms with Gasteiger partial charge >= 0.3 is 5.97 Å². The zero-order chi connectivity index (χ0) is 24.9. The largest absolute Gasteiger partial charge is 0.460 e. The second-order valence-corrected chi connectivity index (χ2v) is 9.43. The monoisotopic (exact) mass is 500 g/mol. The molecule has 0 unspecified atom stereocenters. The number of nitrogens with two attached hydrogens (primary N) is 1. The summed E-state index contributed by atoms with van der Waals surface area (Å²) in [6.45, 7) is 5.74. The first-order valence-corrected chi connectivity index (χ1v) is 11.4. The molecule has 0 heterocycles. The van der Waals surface area contributed by atoms with Gasteiger partial charge in [-0.1, -0.05) is 35.3 Å². The average molecular weight is 501 g/mol. The Morgan fingerprint density at radius 2 is 1.65 bits per heavy atom. The van der Waals surface area contributed by atoms with Crippen molar-refractivity contribution in [3.63, 3.8) is 0 Å². The fourth-order valence-corrected chi connectivity index (χ4v) is 3.42. The number of halogens is 2. The Morgan fingerprint density at radius 3 is 2.26 bits per heavy atom. The number of carbonyl (C=O) groups excluding carboxylic acids is 2. The Bertz CT molecular complexity index is 1190. The van der Waals surface area contributed by atoms with Crippen LogP contribution in [0.1, 0.15) is 42.3 Å². The van der Waals surface area contributed by atoms with E-state index in [1.807, 2.05) is 32.9 Å². The van der Waals surface area contributed by atoms with E-state index < -0.39 is 5.60 Å². The maximum absolute atomic E-state index is 12.4. The number of ether oxygens (including phenoxy) is 2. The summed E-state index contributed by atoms with van der Waals surface area (Å²) in [5, 5.41) is 3.49. The van der Waals surface area contributed by atoms with E-state index in [1.165, 1.54) is 6.07 Å². The molecule has 6 nitrogen and oxygen atoms in total. The predicted octanol–water partition coefficient (Wildman–Crippen LogP) is 6.38. The summed E-state index contributed by atoms with van der Waals surface area (Å²) in [4.78, 5) is 24.5. The molecule has 3 N–H and O–H groups in total. The first-order chi connectivity index (χ1) is 16.0. The molecule has 0 fully saturated rings. The summed E-state index contributed by atoms with van der Waals surface area (Å²) in [6, 6.07) is 17.0. The molecule has 178 valence electrons. The summed E-state index contributed by atoms with van der Waals surface area (Å²) < 4.78 is 11.3. The Hall–Kier alpha value is -3.06. The lowest BCUT2D eigenvalue weighted by atomic mass is 10.1. The highest BCUT2D eigenvalue weighted by molar-refractivity contribution is 6.42. The van der Waals surface area contributed by atoms with Crippen molar-refractivity contribution < 1.29 is 19.1 Å². The molecule has 8 heteroatoms. The van der Waals surface area contributed by atoms with Crippen molar-refractivity contribution >= 4 is 40.8 Å². The highest BCUT2D eigenvalue weighted by atomic mass is 35.5. The van der Waals surface area contributed by atoms with Crippen molar-refractivity contribution in [2.45, 2.75) is 39.3 Å². The lowest BCUT2D eigenvalue weighted by Crippen LogP contribution is -2.24. The van der Waals surface area contributed by atoms with Gasteiger partial charge in [-0.15, -0.1) is 0 Å². The lowest BCUT2D eigenvalue weighted by molar-refractivity contribution is -0.153. The van der Waals surface area contributed by atoms with E-state index in [9.17, 15) is 9.59 Å². The number of hydrogen-bond acceptors (Lipinski definition) is 5. The SMILES string of the molecule is CC(C)(C)OC(=O)Cc1ccc(Oc2ccc(NC(=O)c3ccc(Cl)c(Cl)c3)cc2)c(CN)c1. The molecule has 0 bridgehead atoms. The molecule has 0 aliphatic rings.